The second-order valence-electron chi connectivity index (χ2n) is 8.78. The lowest BCUT2D eigenvalue weighted by molar-refractivity contribution is -0.136. The molecule has 4 rings (SSSR count). The smallest absolute Gasteiger partial charge is 0.223 e. The van der Waals surface area contributed by atoms with Crippen LogP contribution < -0.4 is 5.32 Å². The Morgan fingerprint density at radius 1 is 1.00 bits per heavy atom. The molecule has 1 fully saturated rings. The molecule has 2 amide bonds. The maximum Gasteiger partial charge on any atom is 0.223 e. The SMILES string of the molecule is Cc1cccc(C2c3cccn3CCN2C(=O)CCC(=O)NCCN2CCCCC2)c1. The zero-order chi connectivity index (χ0) is 21.6. The number of aromatic nitrogens is 1. The lowest BCUT2D eigenvalue weighted by Gasteiger charge is -2.37. The summed E-state index contributed by atoms with van der Waals surface area (Å²) in [6.45, 7) is 7.35. The van der Waals surface area contributed by atoms with Crippen molar-refractivity contribution in [1.29, 1.82) is 0 Å². The minimum Gasteiger partial charge on any atom is -0.355 e. The fourth-order valence-electron chi connectivity index (χ4n) is 4.83. The molecule has 31 heavy (non-hydrogen) atoms. The Morgan fingerprint density at radius 3 is 2.65 bits per heavy atom. The standard InChI is InChI=1S/C25H34N4O2/c1-20-7-5-8-21(19-20)25-22-9-6-15-28(22)17-18-29(25)24(31)11-10-23(30)26-12-16-27-13-3-2-4-14-27/h5-9,15,19,25H,2-4,10-14,16-18H2,1H3,(H,26,30). The van der Waals surface area contributed by atoms with E-state index < -0.39 is 0 Å². The van der Waals surface area contributed by atoms with Crippen LogP contribution in [0.1, 0.15) is 55.0 Å². The predicted molar refractivity (Wildman–Crippen MR) is 122 cm³/mol. The number of aryl methyl sites for hydroxylation is 1. The topological polar surface area (TPSA) is 57.6 Å². The van der Waals surface area contributed by atoms with E-state index in [1.54, 1.807) is 0 Å². The zero-order valence-electron chi connectivity index (χ0n) is 18.6. The third kappa shape index (κ3) is 5.37. The molecule has 1 atom stereocenters. The van der Waals surface area contributed by atoms with Gasteiger partial charge in [0.15, 0.2) is 0 Å². The third-order valence-electron chi connectivity index (χ3n) is 6.48. The van der Waals surface area contributed by atoms with Gasteiger partial charge in [-0.2, -0.15) is 0 Å². The van der Waals surface area contributed by atoms with Gasteiger partial charge in [0.1, 0.15) is 0 Å². The van der Waals surface area contributed by atoms with E-state index >= 15 is 0 Å². The Hall–Kier alpha value is -2.60. The van der Waals surface area contributed by atoms with Gasteiger partial charge >= 0.3 is 0 Å². The molecule has 1 aromatic heterocycles. The van der Waals surface area contributed by atoms with Crippen molar-refractivity contribution in [2.24, 2.45) is 0 Å². The summed E-state index contributed by atoms with van der Waals surface area (Å²) in [5.41, 5.74) is 3.44. The molecule has 166 valence electrons. The highest BCUT2D eigenvalue weighted by atomic mass is 16.2. The van der Waals surface area contributed by atoms with Crippen molar-refractivity contribution in [3.63, 3.8) is 0 Å². The fourth-order valence-corrected chi connectivity index (χ4v) is 4.83. The van der Waals surface area contributed by atoms with E-state index in [1.165, 1.54) is 24.8 Å². The molecule has 0 bridgehead atoms. The van der Waals surface area contributed by atoms with Crippen LogP contribution in [-0.4, -0.2) is 58.9 Å². The van der Waals surface area contributed by atoms with Gasteiger partial charge in [-0.25, -0.2) is 0 Å². The lowest BCUT2D eigenvalue weighted by atomic mass is 9.98. The van der Waals surface area contributed by atoms with Crippen LogP contribution >= 0.6 is 0 Å². The molecule has 1 aromatic carbocycles. The van der Waals surface area contributed by atoms with Crippen LogP contribution in [-0.2, 0) is 16.1 Å². The summed E-state index contributed by atoms with van der Waals surface area (Å²) in [6, 6.07) is 12.4. The molecule has 0 aliphatic carbocycles. The van der Waals surface area contributed by atoms with Gasteiger partial charge in [-0.05, 0) is 50.6 Å². The first-order valence-electron chi connectivity index (χ1n) is 11.6. The molecule has 2 aromatic rings. The average molecular weight is 423 g/mol. The number of nitrogens with one attached hydrogen (secondary N) is 1. The number of nitrogens with zero attached hydrogens (tertiary/aromatic N) is 3. The molecule has 6 nitrogen and oxygen atoms in total. The van der Waals surface area contributed by atoms with Crippen molar-refractivity contribution in [2.45, 2.75) is 51.6 Å². The molecule has 0 radical (unpaired) electrons. The lowest BCUT2D eigenvalue weighted by Crippen LogP contribution is -2.43. The van der Waals surface area contributed by atoms with E-state index in [-0.39, 0.29) is 30.7 Å². The summed E-state index contributed by atoms with van der Waals surface area (Å²) in [5.74, 6) is 0.0167. The monoisotopic (exact) mass is 422 g/mol. The van der Waals surface area contributed by atoms with Gasteiger partial charge in [0.05, 0.1) is 6.04 Å². The first-order valence-corrected chi connectivity index (χ1v) is 11.6. The van der Waals surface area contributed by atoms with Crippen molar-refractivity contribution < 1.29 is 9.59 Å². The van der Waals surface area contributed by atoms with Crippen LogP contribution in [0, 0.1) is 6.92 Å². The molecule has 1 saturated heterocycles. The molecule has 1 unspecified atom stereocenters. The minimum atomic E-state index is -0.0988. The molecule has 0 spiro atoms. The van der Waals surface area contributed by atoms with Gasteiger partial charge in [0.2, 0.25) is 11.8 Å². The quantitative estimate of drug-likeness (QED) is 0.746. The summed E-state index contributed by atoms with van der Waals surface area (Å²) < 4.78 is 2.23. The van der Waals surface area contributed by atoms with E-state index in [0.717, 1.165) is 37.4 Å². The van der Waals surface area contributed by atoms with Crippen LogP contribution in [0.15, 0.2) is 42.6 Å². The number of amides is 2. The number of hydrogen-bond donors (Lipinski definition) is 1. The van der Waals surface area contributed by atoms with Gasteiger partial charge in [-0.1, -0.05) is 36.2 Å². The Kier molecular flexibility index (Phi) is 7.07. The highest BCUT2D eigenvalue weighted by molar-refractivity contribution is 5.84. The number of fused-ring (bicyclic) bond motifs is 1. The average Bonchev–Trinajstić information content (AvgIpc) is 3.26. The summed E-state index contributed by atoms with van der Waals surface area (Å²) in [5, 5.41) is 2.99. The van der Waals surface area contributed by atoms with Crippen molar-refractivity contribution in [3.8, 4) is 0 Å². The largest absolute Gasteiger partial charge is 0.355 e. The Bertz CT molecular complexity index is 900. The minimum absolute atomic E-state index is 0.0298. The fraction of sp³-hybridized carbons (Fsp3) is 0.520. The van der Waals surface area contributed by atoms with Gasteiger partial charge in [0.25, 0.3) is 0 Å². The normalized spacial score (nSPS) is 19.1. The number of benzene rings is 1. The molecule has 6 heteroatoms. The van der Waals surface area contributed by atoms with Crippen molar-refractivity contribution in [2.75, 3.05) is 32.7 Å². The Labute approximate surface area is 185 Å². The van der Waals surface area contributed by atoms with Gasteiger partial charge in [0, 0.05) is 50.9 Å². The molecule has 2 aliphatic heterocycles. The van der Waals surface area contributed by atoms with Gasteiger partial charge in [-0.3, -0.25) is 9.59 Å². The molecule has 3 heterocycles. The molecular formula is C25H34N4O2. The zero-order valence-corrected chi connectivity index (χ0v) is 18.6. The predicted octanol–water partition coefficient (Wildman–Crippen LogP) is 3.11. The molecule has 1 N–H and O–H groups in total. The van der Waals surface area contributed by atoms with Crippen LogP contribution in [0.2, 0.25) is 0 Å². The van der Waals surface area contributed by atoms with Crippen LogP contribution in [0.5, 0.6) is 0 Å². The van der Waals surface area contributed by atoms with E-state index in [1.807, 2.05) is 17.0 Å². The number of rotatable bonds is 7. The van der Waals surface area contributed by atoms with Crippen LogP contribution in [0.3, 0.4) is 0 Å². The van der Waals surface area contributed by atoms with Gasteiger partial charge in [-0.15, -0.1) is 0 Å². The number of hydrogen-bond acceptors (Lipinski definition) is 3. The summed E-state index contributed by atoms with van der Waals surface area (Å²) in [6.07, 6.45) is 6.40. The van der Waals surface area contributed by atoms with Crippen molar-refractivity contribution in [3.05, 3.63) is 59.4 Å². The van der Waals surface area contributed by atoms with E-state index in [4.69, 9.17) is 0 Å². The second-order valence-corrected chi connectivity index (χ2v) is 8.78. The van der Waals surface area contributed by atoms with E-state index in [0.29, 0.717) is 13.1 Å². The highest BCUT2D eigenvalue weighted by Crippen LogP contribution is 2.33. The highest BCUT2D eigenvalue weighted by Gasteiger charge is 2.32. The molecular weight excluding hydrogens is 388 g/mol. The van der Waals surface area contributed by atoms with E-state index in [2.05, 4.69) is 52.2 Å². The summed E-state index contributed by atoms with van der Waals surface area (Å²) >= 11 is 0. The first kappa shape index (κ1) is 21.6. The Balaban J connectivity index is 1.34. The number of carbonyl (C=O) groups is 2. The number of carbonyl (C=O) groups excluding carboxylic acids is 2. The number of piperidine rings is 1. The van der Waals surface area contributed by atoms with Crippen molar-refractivity contribution >= 4 is 11.8 Å². The second kappa shape index (κ2) is 10.1. The molecule has 2 aliphatic rings. The number of likely N-dealkylation sites (tertiary alicyclic amines) is 1. The van der Waals surface area contributed by atoms with Crippen LogP contribution in [0.25, 0.3) is 0 Å². The van der Waals surface area contributed by atoms with Crippen molar-refractivity contribution in [1.82, 2.24) is 19.7 Å². The maximum atomic E-state index is 13.2. The van der Waals surface area contributed by atoms with E-state index in [9.17, 15) is 9.59 Å². The Morgan fingerprint density at radius 2 is 1.84 bits per heavy atom. The van der Waals surface area contributed by atoms with Crippen LogP contribution in [0.4, 0.5) is 0 Å². The summed E-state index contributed by atoms with van der Waals surface area (Å²) in [7, 11) is 0. The van der Waals surface area contributed by atoms with Gasteiger partial charge < -0.3 is 19.7 Å². The maximum absolute atomic E-state index is 13.2. The first-order chi connectivity index (χ1) is 15.1. The summed E-state index contributed by atoms with van der Waals surface area (Å²) in [4.78, 5) is 29.8. The molecule has 0 saturated carbocycles. The third-order valence-corrected chi connectivity index (χ3v) is 6.48.